The summed E-state index contributed by atoms with van der Waals surface area (Å²) in [6, 6.07) is 14.0. The Morgan fingerprint density at radius 2 is 1.59 bits per heavy atom. The molecule has 0 amide bonds. The molecule has 4 nitrogen and oxygen atoms in total. The molecule has 0 heterocycles. The molecule has 0 saturated carbocycles. The first-order chi connectivity index (χ1) is 12.7. The Morgan fingerprint density at radius 1 is 1.00 bits per heavy atom. The summed E-state index contributed by atoms with van der Waals surface area (Å²) in [5.74, 6) is -0.286. The summed E-state index contributed by atoms with van der Waals surface area (Å²) < 4.78 is 63.9. The minimum atomic E-state index is -4.50. The highest BCUT2D eigenvalue weighted by molar-refractivity contribution is 8.00. The lowest BCUT2D eigenvalue weighted by atomic mass is 10.1. The highest BCUT2D eigenvalue weighted by atomic mass is 32.2. The number of halogens is 3. The third-order valence-electron chi connectivity index (χ3n) is 3.82. The van der Waals surface area contributed by atoms with Gasteiger partial charge in [0.15, 0.2) is 9.84 Å². The third kappa shape index (κ3) is 5.11. The third-order valence-corrected chi connectivity index (χ3v) is 5.72. The number of hydrogen-bond donors (Lipinski definition) is 1. The van der Waals surface area contributed by atoms with Crippen molar-refractivity contribution in [2.24, 2.45) is 5.73 Å². The summed E-state index contributed by atoms with van der Waals surface area (Å²) in [5, 5.41) is 8.62. The summed E-state index contributed by atoms with van der Waals surface area (Å²) in [6.45, 7) is 0. The molecule has 2 aromatic carbocycles. The normalized spacial score (nSPS) is 13.0. The molecule has 0 unspecified atom stereocenters. The summed E-state index contributed by atoms with van der Waals surface area (Å²) in [6.07, 6.45) is -4.29. The monoisotopic (exact) mass is 394 g/mol. The lowest BCUT2D eigenvalue weighted by Gasteiger charge is -2.14. The average molecular weight is 394 g/mol. The summed E-state index contributed by atoms with van der Waals surface area (Å²) in [4.78, 5) is -0.152. The van der Waals surface area contributed by atoms with Gasteiger partial charge < -0.3 is 5.73 Å². The number of hydrogen-bond acceptors (Lipinski definition) is 4. The topological polar surface area (TPSA) is 84.0 Å². The molecule has 0 fully saturated rings. The number of alkyl halides is 3. The SMILES string of the molecule is N#CCCCS(=O)(=O)/C(=C(\N)c1ccc(C(F)(F)F)cc1)c1ccccc1. The van der Waals surface area contributed by atoms with Crippen molar-refractivity contribution < 1.29 is 21.6 Å². The van der Waals surface area contributed by atoms with Gasteiger partial charge in [0.1, 0.15) is 0 Å². The molecule has 0 aliphatic rings. The standard InChI is InChI=1S/C19H17F3N2O2S/c20-19(21,22)16-10-8-14(9-11-16)17(24)18(15-6-2-1-3-7-15)27(25,26)13-5-4-12-23/h1-3,6-11H,4-5,13,24H2/b18-17-. The van der Waals surface area contributed by atoms with Gasteiger partial charge in [0.2, 0.25) is 0 Å². The Morgan fingerprint density at radius 3 is 2.11 bits per heavy atom. The Bertz CT molecular complexity index is 959. The van der Waals surface area contributed by atoms with Crippen LogP contribution in [0, 0.1) is 11.3 Å². The second-order valence-electron chi connectivity index (χ2n) is 5.76. The molecule has 8 heteroatoms. The largest absolute Gasteiger partial charge is 0.416 e. The zero-order chi connectivity index (χ0) is 20.1. The first kappa shape index (κ1) is 20.5. The van der Waals surface area contributed by atoms with Crippen LogP contribution in [0.25, 0.3) is 10.6 Å². The number of nitriles is 1. The first-order valence-corrected chi connectivity index (χ1v) is 9.64. The number of benzene rings is 2. The van der Waals surface area contributed by atoms with Gasteiger partial charge in [-0.2, -0.15) is 18.4 Å². The van der Waals surface area contributed by atoms with Crippen LogP contribution in [0.3, 0.4) is 0 Å². The van der Waals surface area contributed by atoms with Gasteiger partial charge in [0.25, 0.3) is 0 Å². The van der Waals surface area contributed by atoms with Gasteiger partial charge in [-0.1, -0.05) is 42.5 Å². The van der Waals surface area contributed by atoms with E-state index in [9.17, 15) is 21.6 Å². The minimum Gasteiger partial charge on any atom is -0.397 e. The number of nitrogens with two attached hydrogens (primary N) is 1. The van der Waals surface area contributed by atoms with Gasteiger partial charge in [-0.3, -0.25) is 0 Å². The van der Waals surface area contributed by atoms with Crippen LogP contribution in [0.5, 0.6) is 0 Å². The van der Waals surface area contributed by atoms with E-state index in [0.717, 1.165) is 24.3 Å². The van der Waals surface area contributed by atoms with Crippen LogP contribution in [-0.2, 0) is 16.0 Å². The molecule has 2 aromatic rings. The number of nitrogens with zero attached hydrogens (tertiary/aromatic N) is 1. The van der Waals surface area contributed by atoms with E-state index in [-0.39, 0.29) is 34.8 Å². The molecule has 0 radical (unpaired) electrons. The molecule has 0 spiro atoms. The maximum atomic E-state index is 12.8. The summed E-state index contributed by atoms with van der Waals surface area (Å²) >= 11 is 0. The predicted octanol–water partition coefficient (Wildman–Crippen LogP) is 4.21. The average Bonchev–Trinajstić information content (AvgIpc) is 2.62. The molecule has 0 aliphatic carbocycles. The molecule has 0 atom stereocenters. The number of unbranched alkanes of at least 4 members (excludes halogenated alkanes) is 1. The Kier molecular flexibility index (Phi) is 6.28. The van der Waals surface area contributed by atoms with Gasteiger partial charge >= 0.3 is 6.18 Å². The maximum Gasteiger partial charge on any atom is 0.416 e. The van der Waals surface area contributed by atoms with Crippen LogP contribution < -0.4 is 5.73 Å². The first-order valence-electron chi connectivity index (χ1n) is 7.99. The molecular formula is C19H17F3N2O2S. The fourth-order valence-corrected chi connectivity index (χ4v) is 4.18. The van der Waals surface area contributed by atoms with Crippen molar-refractivity contribution in [2.75, 3.05) is 5.75 Å². The van der Waals surface area contributed by atoms with Crippen LogP contribution >= 0.6 is 0 Å². The highest BCUT2D eigenvalue weighted by Gasteiger charge is 2.30. The van der Waals surface area contributed by atoms with Crippen molar-refractivity contribution in [3.05, 3.63) is 71.3 Å². The fraction of sp³-hybridized carbons (Fsp3) is 0.211. The predicted molar refractivity (Wildman–Crippen MR) is 97.5 cm³/mol. The van der Waals surface area contributed by atoms with E-state index in [0.29, 0.717) is 5.56 Å². The van der Waals surface area contributed by atoms with Crippen LogP contribution in [0.2, 0.25) is 0 Å². The molecule has 27 heavy (non-hydrogen) atoms. The summed E-state index contributed by atoms with van der Waals surface area (Å²) in [5.41, 5.74) is 5.60. The van der Waals surface area contributed by atoms with E-state index in [1.165, 1.54) is 0 Å². The minimum absolute atomic E-state index is 0.0709. The zero-order valence-corrected chi connectivity index (χ0v) is 15.0. The highest BCUT2D eigenvalue weighted by Crippen LogP contribution is 2.32. The lowest BCUT2D eigenvalue weighted by Crippen LogP contribution is -2.14. The molecule has 0 saturated heterocycles. The Balaban J connectivity index is 2.56. The molecule has 142 valence electrons. The van der Waals surface area contributed by atoms with Crippen molar-refractivity contribution >= 4 is 20.4 Å². The van der Waals surface area contributed by atoms with E-state index < -0.39 is 21.6 Å². The molecule has 0 bridgehead atoms. The number of rotatable bonds is 6. The second kappa shape index (κ2) is 8.27. The molecule has 0 aromatic heterocycles. The lowest BCUT2D eigenvalue weighted by molar-refractivity contribution is -0.137. The van der Waals surface area contributed by atoms with E-state index >= 15 is 0 Å². The van der Waals surface area contributed by atoms with E-state index in [1.54, 1.807) is 30.3 Å². The van der Waals surface area contributed by atoms with Gasteiger partial charge in [0, 0.05) is 6.42 Å². The smallest absolute Gasteiger partial charge is 0.397 e. The van der Waals surface area contributed by atoms with Crippen molar-refractivity contribution in [1.82, 2.24) is 0 Å². The van der Waals surface area contributed by atoms with Crippen LogP contribution in [0.15, 0.2) is 54.6 Å². The molecule has 0 aliphatic heterocycles. The number of sulfone groups is 1. The van der Waals surface area contributed by atoms with Crippen LogP contribution in [-0.4, -0.2) is 14.2 Å². The second-order valence-corrected chi connectivity index (χ2v) is 7.81. The summed E-state index contributed by atoms with van der Waals surface area (Å²) in [7, 11) is -3.85. The molecule has 2 N–H and O–H groups in total. The van der Waals surface area contributed by atoms with Gasteiger partial charge in [-0.25, -0.2) is 8.42 Å². The maximum absolute atomic E-state index is 12.8. The van der Waals surface area contributed by atoms with E-state index in [1.807, 2.05) is 6.07 Å². The fourth-order valence-electron chi connectivity index (χ4n) is 2.51. The van der Waals surface area contributed by atoms with Crippen LogP contribution in [0.1, 0.15) is 29.5 Å². The van der Waals surface area contributed by atoms with Crippen molar-refractivity contribution in [3.63, 3.8) is 0 Å². The van der Waals surface area contributed by atoms with E-state index in [4.69, 9.17) is 11.0 Å². The Labute approximate surface area is 155 Å². The zero-order valence-electron chi connectivity index (χ0n) is 14.2. The quantitative estimate of drug-likeness (QED) is 0.588. The van der Waals surface area contributed by atoms with Crippen molar-refractivity contribution in [1.29, 1.82) is 5.26 Å². The molecular weight excluding hydrogens is 377 g/mol. The van der Waals surface area contributed by atoms with E-state index in [2.05, 4.69) is 0 Å². The van der Waals surface area contributed by atoms with Gasteiger partial charge in [-0.05, 0) is 29.7 Å². The van der Waals surface area contributed by atoms with Crippen molar-refractivity contribution in [2.45, 2.75) is 19.0 Å². The molecule has 2 rings (SSSR count). The van der Waals surface area contributed by atoms with Crippen molar-refractivity contribution in [3.8, 4) is 6.07 Å². The van der Waals surface area contributed by atoms with Crippen LogP contribution in [0.4, 0.5) is 13.2 Å². The van der Waals surface area contributed by atoms with Gasteiger partial charge in [0.05, 0.1) is 28.0 Å². The Hall–Kier alpha value is -2.79. The van der Waals surface area contributed by atoms with Gasteiger partial charge in [-0.15, -0.1) is 0 Å².